The Balaban J connectivity index is 2.24. The third-order valence-corrected chi connectivity index (χ3v) is 3.52. The lowest BCUT2D eigenvalue weighted by Crippen LogP contribution is -2.12. The molecule has 6 nitrogen and oxygen atoms in total. The number of imidazole rings is 1. The van der Waals surface area contributed by atoms with E-state index in [1.165, 1.54) is 0 Å². The Morgan fingerprint density at radius 1 is 1.33 bits per heavy atom. The number of nitrogens with zero attached hydrogens (tertiary/aromatic N) is 5. The van der Waals surface area contributed by atoms with Crippen LogP contribution in [0.15, 0.2) is 11.6 Å². The van der Waals surface area contributed by atoms with E-state index in [1.54, 1.807) is 11.3 Å². The van der Waals surface area contributed by atoms with Crippen LogP contribution in [0.3, 0.4) is 0 Å². The van der Waals surface area contributed by atoms with E-state index < -0.39 is 0 Å². The zero-order valence-corrected chi connectivity index (χ0v) is 11.3. The number of aromatic nitrogens is 5. The maximum Gasteiger partial charge on any atom is 0.196 e. The number of nitrogens with one attached hydrogen (secondary N) is 1. The smallest absolute Gasteiger partial charge is 0.196 e. The summed E-state index contributed by atoms with van der Waals surface area (Å²) in [5, 5.41) is 9.61. The molecular formula is C11H14N6S. The highest BCUT2D eigenvalue weighted by atomic mass is 32.1. The lowest BCUT2D eigenvalue weighted by atomic mass is 10.4. The second-order valence-electron chi connectivity index (χ2n) is 4.09. The van der Waals surface area contributed by atoms with Gasteiger partial charge in [0.2, 0.25) is 0 Å². The first kappa shape index (κ1) is 11.4. The predicted molar refractivity (Wildman–Crippen MR) is 70.2 cm³/mol. The van der Waals surface area contributed by atoms with Gasteiger partial charge in [-0.2, -0.15) is 9.67 Å². The predicted octanol–water partition coefficient (Wildman–Crippen LogP) is 1.31. The van der Waals surface area contributed by atoms with E-state index in [0.29, 0.717) is 0 Å². The summed E-state index contributed by atoms with van der Waals surface area (Å²) in [6.45, 7) is 4.57. The molecule has 0 saturated carbocycles. The topological polar surface area (TPSA) is 60.0 Å². The minimum absolute atomic E-state index is 0.742. The van der Waals surface area contributed by atoms with E-state index in [-0.39, 0.29) is 0 Å². The minimum Gasteiger partial charge on any atom is -0.314 e. The van der Waals surface area contributed by atoms with Gasteiger partial charge in [-0.25, -0.2) is 4.98 Å². The number of hydrogen-bond acceptors (Lipinski definition) is 5. The van der Waals surface area contributed by atoms with Crippen LogP contribution in [0.4, 0.5) is 0 Å². The molecule has 1 N–H and O–H groups in total. The Bertz CT molecular complexity index is 692. The van der Waals surface area contributed by atoms with Crippen LogP contribution in [0.5, 0.6) is 0 Å². The minimum atomic E-state index is 0.742. The van der Waals surface area contributed by atoms with Gasteiger partial charge in [0, 0.05) is 18.1 Å². The van der Waals surface area contributed by atoms with Gasteiger partial charge in [-0.3, -0.25) is 4.40 Å². The highest BCUT2D eigenvalue weighted by Crippen LogP contribution is 2.20. The molecule has 0 aromatic carbocycles. The highest BCUT2D eigenvalue weighted by molar-refractivity contribution is 7.15. The summed E-state index contributed by atoms with van der Waals surface area (Å²) in [5.74, 6) is 2.48. The third kappa shape index (κ3) is 1.63. The van der Waals surface area contributed by atoms with Crippen LogP contribution in [-0.2, 0) is 6.54 Å². The highest BCUT2D eigenvalue weighted by Gasteiger charge is 2.17. The Morgan fingerprint density at radius 3 is 2.83 bits per heavy atom. The molecule has 7 heteroatoms. The molecule has 0 aliphatic carbocycles. The summed E-state index contributed by atoms with van der Waals surface area (Å²) in [7, 11) is 1.93. The fraction of sp³-hybridized carbons (Fsp3) is 0.364. The largest absolute Gasteiger partial charge is 0.314 e. The fourth-order valence-corrected chi connectivity index (χ4v) is 2.77. The molecule has 3 heterocycles. The number of fused-ring (bicyclic) bond motifs is 1. The summed E-state index contributed by atoms with van der Waals surface area (Å²) in [5.41, 5.74) is 1.10. The molecule has 3 aromatic heterocycles. The van der Waals surface area contributed by atoms with Crippen LogP contribution in [0.25, 0.3) is 10.8 Å². The molecule has 0 amide bonds. The maximum absolute atomic E-state index is 4.64. The summed E-state index contributed by atoms with van der Waals surface area (Å²) in [6.07, 6.45) is 2.03. The molecule has 3 rings (SSSR count). The quantitative estimate of drug-likeness (QED) is 0.773. The molecule has 0 unspecified atom stereocenters. The summed E-state index contributed by atoms with van der Waals surface area (Å²) < 4.78 is 3.90. The van der Waals surface area contributed by atoms with E-state index in [1.807, 2.05) is 37.2 Å². The fourth-order valence-electron chi connectivity index (χ4n) is 2.04. The average Bonchev–Trinajstić information content (AvgIpc) is 2.96. The van der Waals surface area contributed by atoms with Crippen LogP contribution < -0.4 is 5.32 Å². The zero-order valence-electron chi connectivity index (χ0n) is 10.5. The van der Waals surface area contributed by atoms with Crippen molar-refractivity contribution >= 4 is 16.3 Å². The zero-order chi connectivity index (χ0) is 12.7. The lowest BCUT2D eigenvalue weighted by Gasteiger charge is -2.04. The van der Waals surface area contributed by atoms with Crippen molar-refractivity contribution in [2.75, 3.05) is 7.05 Å². The SMILES string of the molecule is CNCc1c(-n2nc(C)nc2C)nc2sccn12. The normalized spacial score (nSPS) is 11.5. The van der Waals surface area contributed by atoms with Crippen molar-refractivity contribution in [1.29, 1.82) is 0 Å². The van der Waals surface area contributed by atoms with Crippen molar-refractivity contribution < 1.29 is 0 Å². The van der Waals surface area contributed by atoms with Gasteiger partial charge in [0.05, 0.1) is 5.69 Å². The van der Waals surface area contributed by atoms with Crippen molar-refractivity contribution in [1.82, 2.24) is 29.5 Å². The summed E-state index contributed by atoms with van der Waals surface area (Å²) >= 11 is 1.62. The molecule has 18 heavy (non-hydrogen) atoms. The van der Waals surface area contributed by atoms with E-state index >= 15 is 0 Å². The number of rotatable bonds is 3. The summed E-state index contributed by atoms with van der Waals surface area (Å²) in [4.78, 5) is 9.94. The van der Waals surface area contributed by atoms with Crippen molar-refractivity contribution in [3.05, 3.63) is 28.9 Å². The molecule has 0 aliphatic rings. The first-order valence-corrected chi connectivity index (χ1v) is 6.58. The van der Waals surface area contributed by atoms with Crippen molar-refractivity contribution in [2.45, 2.75) is 20.4 Å². The average molecular weight is 262 g/mol. The van der Waals surface area contributed by atoms with Gasteiger partial charge in [-0.05, 0) is 20.9 Å². The number of aryl methyl sites for hydroxylation is 2. The Labute approximate surface area is 108 Å². The summed E-state index contributed by atoms with van der Waals surface area (Å²) in [6, 6.07) is 0. The van der Waals surface area contributed by atoms with Crippen LogP contribution in [-0.4, -0.2) is 31.2 Å². The maximum atomic E-state index is 4.64. The number of thiazole rings is 1. The lowest BCUT2D eigenvalue weighted by molar-refractivity contribution is 0.743. The van der Waals surface area contributed by atoms with E-state index in [0.717, 1.165) is 34.7 Å². The van der Waals surface area contributed by atoms with Crippen LogP contribution in [0.2, 0.25) is 0 Å². The molecule has 3 aromatic rings. The van der Waals surface area contributed by atoms with E-state index in [4.69, 9.17) is 0 Å². The van der Waals surface area contributed by atoms with Gasteiger partial charge < -0.3 is 5.32 Å². The second kappa shape index (κ2) is 4.18. The van der Waals surface area contributed by atoms with Gasteiger partial charge in [0.25, 0.3) is 0 Å². The molecular weight excluding hydrogens is 248 g/mol. The molecule has 0 bridgehead atoms. The van der Waals surface area contributed by atoms with Gasteiger partial charge in [-0.1, -0.05) is 0 Å². The van der Waals surface area contributed by atoms with Gasteiger partial charge in [0.1, 0.15) is 11.6 Å². The molecule has 0 fully saturated rings. The van der Waals surface area contributed by atoms with Gasteiger partial charge >= 0.3 is 0 Å². The van der Waals surface area contributed by atoms with Gasteiger partial charge in [-0.15, -0.1) is 16.4 Å². The first-order valence-electron chi connectivity index (χ1n) is 5.70. The van der Waals surface area contributed by atoms with Crippen molar-refractivity contribution in [3.8, 4) is 5.82 Å². The molecule has 0 radical (unpaired) electrons. The molecule has 94 valence electrons. The van der Waals surface area contributed by atoms with Crippen molar-refractivity contribution in [3.63, 3.8) is 0 Å². The molecule has 0 atom stereocenters. The Hall–Kier alpha value is -1.73. The van der Waals surface area contributed by atoms with E-state index in [9.17, 15) is 0 Å². The first-order chi connectivity index (χ1) is 8.70. The monoisotopic (exact) mass is 262 g/mol. The standard InChI is InChI=1S/C11H14N6S/c1-7-13-8(2)17(15-7)10-9(6-12-3)16-4-5-18-11(16)14-10/h4-5,12H,6H2,1-3H3. The van der Waals surface area contributed by atoms with E-state index in [2.05, 4.69) is 24.8 Å². The van der Waals surface area contributed by atoms with Crippen LogP contribution in [0, 0.1) is 13.8 Å². The Morgan fingerprint density at radius 2 is 2.17 bits per heavy atom. The third-order valence-electron chi connectivity index (χ3n) is 2.76. The van der Waals surface area contributed by atoms with Crippen LogP contribution in [0.1, 0.15) is 17.3 Å². The van der Waals surface area contributed by atoms with Crippen LogP contribution >= 0.6 is 11.3 Å². The number of hydrogen-bond donors (Lipinski definition) is 1. The molecule has 0 spiro atoms. The second-order valence-corrected chi connectivity index (χ2v) is 4.96. The molecule has 0 saturated heterocycles. The Kier molecular flexibility index (Phi) is 2.64. The van der Waals surface area contributed by atoms with Crippen molar-refractivity contribution in [2.24, 2.45) is 0 Å². The molecule has 0 aliphatic heterocycles. The van der Waals surface area contributed by atoms with Gasteiger partial charge in [0.15, 0.2) is 10.8 Å².